The smallest absolute Gasteiger partial charge is 0.329 e. The lowest BCUT2D eigenvalue weighted by Crippen LogP contribution is -2.06. The van der Waals surface area contributed by atoms with Crippen LogP contribution in [0.15, 0.2) is 22.6 Å². The minimum absolute atomic E-state index is 0.0358. The van der Waals surface area contributed by atoms with Gasteiger partial charge in [-0.05, 0) is 30.7 Å². The Bertz CT molecular complexity index is 597. The Morgan fingerprint density at radius 3 is 2.95 bits per heavy atom. The molecule has 2 aromatic rings. The topological polar surface area (TPSA) is 85.5 Å². The molecule has 1 aromatic heterocycles. The largest absolute Gasteiger partial charge is 0.480 e. The van der Waals surface area contributed by atoms with Gasteiger partial charge in [0.25, 0.3) is 0 Å². The van der Waals surface area contributed by atoms with Crippen LogP contribution in [0.25, 0.3) is 11.5 Å². The van der Waals surface area contributed by atoms with E-state index in [0.717, 1.165) is 11.1 Å². The van der Waals surface area contributed by atoms with Crippen molar-refractivity contribution in [2.45, 2.75) is 13.5 Å². The first-order valence-electron chi connectivity index (χ1n) is 5.44. The summed E-state index contributed by atoms with van der Waals surface area (Å²) in [6.07, 6.45) is 0. The van der Waals surface area contributed by atoms with E-state index in [9.17, 15) is 4.79 Å². The highest BCUT2D eigenvalue weighted by molar-refractivity contribution is 6.30. The number of hydrogen-bond donors (Lipinski definition) is 1. The Kier molecular flexibility index (Phi) is 4.13. The lowest BCUT2D eigenvalue weighted by Gasteiger charge is -2.00. The van der Waals surface area contributed by atoms with Gasteiger partial charge < -0.3 is 14.3 Å². The summed E-state index contributed by atoms with van der Waals surface area (Å²) in [5, 5.41) is 16.7. The van der Waals surface area contributed by atoms with Crippen LogP contribution < -0.4 is 0 Å². The highest BCUT2D eigenvalue weighted by Crippen LogP contribution is 2.24. The van der Waals surface area contributed by atoms with E-state index in [4.69, 9.17) is 25.9 Å². The van der Waals surface area contributed by atoms with E-state index in [1.54, 1.807) is 18.2 Å². The van der Waals surface area contributed by atoms with Crippen LogP contribution in [0, 0.1) is 6.92 Å². The third-order valence-corrected chi connectivity index (χ3v) is 2.57. The normalized spacial score (nSPS) is 10.6. The van der Waals surface area contributed by atoms with E-state index in [-0.39, 0.29) is 12.5 Å². The average Bonchev–Trinajstić information content (AvgIpc) is 2.77. The highest BCUT2D eigenvalue weighted by atomic mass is 35.5. The van der Waals surface area contributed by atoms with Crippen molar-refractivity contribution in [1.29, 1.82) is 0 Å². The maximum Gasteiger partial charge on any atom is 0.329 e. The van der Waals surface area contributed by atoms with Crippen molar-refractivity contribution in [3.8, 4) is 11.5 Å². The first-order valence-corrected chi connectivity index (χ1v) is 5.82. The Balaban J connectivity index is 2.10. The fourth-order valence-corrected chi connectivity index (χ4v) is 1.74. The number of carboxylic acids is 1. The molecular formula is C12H11ClN2O4. The molecule has 6 nitrogen and oxygen atoms in total. The van der Waals surface area contributed by atoms with Crippen molar-refractivity contribution in [3.05, 3.63) is 34.7 Å². The summed E-state index contributed by atoms with van der Waals surface area (Å²) in [5.74, 6) is -0.470. The summed E-state index contributed by atoms with van der Waals surface area (Å²) in [5.41, 5.74) is 1.69. The van der Waals surface area contributed by atoms with Crippen molar-refractivity contribution in [3.63, 3.8) is 0 Å². The number of ether oxygens (including phenoxy) is 1. The average molecular weight is 283 g/mol. The summed E-state index contributed by atoms with van der Waals surface area (Å²) in [7, 11) is 0. The van der Waals surface area contributed by atoms with Gasteiger partial charge >= 0.3 is 5.97 Å². The molecule has 1 N–H and O–H groups in total. The zero-order valence-electron chi connectivity index (χ0n) is 10.1. The van der Waals surface area contributed by atoms with Crippen LogP contribution in [-0.4, -0.2) is 27.9 Å². The summed E-state index contributed by atoms with van der Waals surface area (Å²) in [4.78, 5) is 10.3. The van der Waals surface area contributed by atoms with Crippen LogP contribution >= 0.6 is 11.6 Å². The summed E-state index contributed by atoms with van der Waals surface area (Å²) in [6.45, 7) is 1.44. The molecule has 0 bridgehead atoms. The number of hydrogen-bond acceptors (Lipinski definition) is 5. The van der Waals surface area contributed by atoms with E-state index in [0.29, 0.717) is 10.9 Å². The molecule has 2 rings (SSSR count). The Morgan fingerprint density at radius 1 is 1.47 bits per heavy atom. The fraction of sp³-hybridized carbons (Fsp3) is 0.250. The molecule has 0 aliphatic carbocycles. The highest BCUT2D eigenvalue weighted by Gasteiger charge is 2.11. The van der Waals surface area contributed by atoms with Gasteiger partial charge in [0, 0.05) is 10.6 Å². The van der Waals surface area contributed by atoms with Gasteiger partial charge in [-0.1, -0.05) is 11.6 Å². The van der Waals surface area contributed by atoms with E-state index >= 15 is 0 Å². The zero-order chi connectivity index (χ0) is 13.8. The molecule has 19 heavy (non-hydrogen) atoms. The molecule has 100 valence electrons. The minimum atomic E-state index is -1.05. The number of aliphatic carboxylic acids is 1. The van der Waals surface area contributed by atoms with Gasteiger partial charge in [-0.25, -0.2) is 4.79 Å². The van der Waals surface area contributed by atoms with Crippen molar-refractivity contribution in [1.82, 2.24) is 10.2 Å². The molecule has 0 saturated heterocycles. The Morgan fingerprint density at radius 2 is 2.26 bits per heavy atom. The number of benzene rings is 1. The third-order valence-electron chi connectivity index (χ3n) is 2.34. The lowest BCUT2D eigenvalue weighted by molar-refractivity contribution is -0.142. The first kappa shape index (κ1) is 13.5. The number of nitrogens with zero attached hydrogens (tertiary/aromatic N) is 2. The summed E-state index contributed by atoms with van der Waals surface area (Å²) in [6, 6.07) is 5.31. The van der Waals surface area contributed by atoms with Crippen LogP contribution in [0.5, 0.6) is 0 Å². The van der Waals surface area contributed by atoms with Crippen molar-refractivity contribution >= 4 is 17.6 Å². The second-order valence-electron chi connectivity index (χ2n) is 3.85. The van der Waals surface area contributed by atoms with Crippen LogP contribution in [0.4, 0.5) is 0 Å². The van der Waals surface area contributed by atoms with Crippen LogP contribution in [-0.2, 0) is 16.1 Å². The van der Waals surface area contributed by atoms with Gasteiger partial charge in [0.15, 0.2) is 0 Å². The van der Waals surface area contributed by atoms with E-state index in [2.05, 4.69) is 10.2 Å². The lowest BCUT2D eigenvalue weighted by atomic mass is 10.1. The SMILES string of the molecule is Cc1cc(Cl)ccc1-c1nnc(COCC(=O)O)o1. The van der Waals surface area contributed by atoms with Crippen molar-refractivity contribution < 1.29 is 19.1 Å². The molecule has 0 saturated carbocycles. The van der Waals surface area contributed by atoms with Gasteiger partial charge in [0.1, 0.15) is 13.2 Å². The van der Waals surface area contributed by atoms with E-state index in [1.165, 1.54) is 0 Å². The number of carbonyl (C=O) groups is 1. The molecule has 0 atom stereocenters. The van der Waals surface area contributed by atoms with Crippen LogP contribution in [0.3, 0.4) is 0 Å². The summed E-state index contributed by atoms with van der Waals surface area (Å²) >= 11 is 5.87. The standard InChI is InChI=1S/C12H11ClN2O4/c1-7-4-8(13)2-3-9(7)12-15-14-10(19-12)5-18-6-11(16)17/h2-4H,5-6H2,1H3,(H,16,17). The number of halogens is 1. The van der Waals surface area contributed by atoms with Gasteiger partial charge in [-0.15, -0.1) is 10.2 Å². The fourth-order valence-electron chi connectivity index (χ4n) is 1.51. The number of aryl methyl sites for hydroxylation is 1. The quantitative estimate of drug-likeness (QED) is 0.905. The second kappa shape index (κ2) is 5.81. The zero-order valence-corrected chi connectivity index (χ0v) is 10.8. The van der Waals surface area contributed by atoms with Crippen LogP contribution in [0.1, 0.15) is 11.5 Å². The molecule has 0 amide bonds. The monoisotopic (exact) mass is 282 g/mol. The predicted octanol–water partition coefficient (Wildman–Crippen LogP) is 2.30. The number of aromatic nitrogens is 2. The van der Waals surface area contributed by atoms with E-state index in [1.807, 2.05) is 6.92 Å². The third kappa shape index (κ3) is 3.52. The molecule has 0 radical (unpaired) electrons. The maximum absolute atomic E-state index is 10.3. The molecule has 1 heterocycles. The number of carboxylic acid groups (broad SMARTS) is 1. The predicted molar refractivity (Wildman–Crippen MR) is 66.8 cm³/mol. The minimum Gasteiger partial charge on any atom is -0.480 e. The number of rotatable bonds is 5. The Labute approximate surface area is 114 Å². The van der Waals surface area contributed by atoms with E-state index < -0.39 is 12.6 Å². The van der Waals surface area contributed by atoms with Gasteiger partial charge in [-0.2, -0.15) is 0 Å². The molecule has 0 aliphatic rings. The maximum atomic E-state index is 10.3. The molecule has 1 aromatic carbocycles. The summed E-state index contributed by atoms with van der Waals surface area (Å²) < 4.78 is 10.3. The van der Waals surface area contributed by atoms with Crippen LogP contribution in [0.2, 0.25) is 5.02 Å². The second-order valence-corrected chi connectivity index (χ2v) is 4.28. The van der Waals surface area contributed by atoms with Gasteiger partial charge in [0.05, 0.1) is 0 Å². The van der Waals surface area contributed by atoms with Crippen molar-refractivity contribution in [2.24, 2.45) is 0 Å². The molecular weight excluding hydrogens is 272 g/mol. The van der Waals surface area contributed by atoms with Crippen molar-refractivity contribution in [2.75, 3.05) is 6.61 Å². The molecule has 0 spiro atoms. The molecule has 7 heteroatoms. The van der Waals surface area contributed by atoms with Gasteiger partial charge in [-0.3, -0.25) is 0 Å². The molecule has 0 aliphatic heterocycles. The first-order chi connectivity index (χ1) is 9.06. The van der Waals surface area contributed by atoms with Gasteiger partial charge in [0.2, 0.25) is 11.8 Å². The molecule has 0 fully saturated rings. The molecule has 0 unspecified atom stereocenters. The Hall–Kier alpha value is -1.92.